The zero-order chi connectivity index (χ0) is 29.2. The smallest absolute Gasteiger partial charge is 0.262 e. The molecule has 2 aromatic carbocycles. The quantitative estimate of drug-likeness (QED) is 0.279. The predicted octanol–water partition coefficient (Wildman–Crippen LogP) is 6.76. The zero-order valence-electron chi connectivity index (χ0n) is 22.4. The van der Waals surface area contributed by atoms with E-state index in [9.17, 15) is 4.79 Å². The van der Waals surface area contributed by atoms with Crippen LogP contribution in [0, 0.1) is 0 Å². The molecule has 0 N–H and O–H groups in total. The number of carbonyl (C=O) groups is 1. The van der Waals surface area contributed by atoms with Crippen LogP contribution in [0.2, 0.25) is 20.1 Å². The second-order valence-electron chi connectivity index (χ2n) is 9.66. The number of benzene rings is 2. The monoisotopic (exact) mass is 643 g/mol. The zero-order valence-corrected chi connectivity index (χ0v) is 25.4. The predicted molar refractivity (Wildman–Crippen MR) is 157 cm³/mol. The number of halogens is 4. The molecule has 0 radical (unpaired) electrons. The maximum absolute atomic E-state index is 14.6. The fourth-order valence-corrected chi connectivity index (χ4v) is 6.26. The van der Waals surface area contributed by atoms with E-state index >= 15 is 0 Å². The lowest BCUT2D eigenvalue weighted by Crippen LogP contribution is -2.62. The van der Waals surface area contributed by atoms with Gasteiger partial charge >= 0.3 is 0 Å². The maximum Gasteiger partial charge on any atom is 0.262 e. The van der Waals surface area contributed by atoms with Crippen molar-refractivity contribution in [2.45, 2.75) is 36.6 Å². The number of rotatable bonds is 9. The highest BCUT2D eigenvalue weighted by molar-refractivity contribution is 6.44. The molecule has 12 heteroatoms. The van der Waals surface area contributed by atoms with Crippen molar-refractivity contribution in [1.29, 1.82) is 0 Å². The average molecular weight is 645 g/mol. The molecule has 41 heavy (non-hydrogen) atoms. The number of ether oxygens (including phenoxy) is 6. The fourth-order valence-electron chi connectivity index (χ4n) is 5.12. The van der Waals surface area contributed by atoms with Gasteiger partial charge in [0.05, 0.1) is 56.9 Å². The third-order valence-corrected chi connectivity index (χ3v) is 8.37. The summed E-state index contributed by atoms with van der Waals surface area (Å²) in [4.78, 5) is 15.9. The second kappa shape index (κ2) is 12.9. The highest BCUT2D eigenvalue weighted by atomic mass is 35.5. The first-order chi connectivity index (χ1) is 19.7. The fraction of sp³-hybridized carbons (Fsp3) is 0.414. The average Bonchev–Trinajstić information content (AvgIpc) is 3.66. The Balaban J connectivity index is 1.68. The Hall–Kier alpha value is -1.69. The minimum absolute atomic E-state index is 0.166. The maximum atomic E-state index is 14.6. The first-order valence-electron chi connectivity index (χ1n) is 13.0. The van der Waals surface area contributed by atoms with E-state index < -0.39 is 17.5 Å². The molecule has 2 fully saturated rings. The van der Waals surface area contributed by atoms with Gasteiger partial charge in [0.1, 0.15) is 0 Å². The van der Waals surface area contributed by atoms with E-state index in [1.807, 2.05) is 0 Å². The van der Waals surface area contributed by atoms with Crippen LogP contribution in [0.25, 0.3) is 0 Å². The van der Waals surface area contributed by atoms with E-state index in [1.54, 1.807) is 54.6 Å². The van der Waals surface area contributed by atoms with Crippen molar-refractivity contribution in [1.82, 2.24) is 0 Å². The molecular formula is C29H29Cl4NO7. The summed E-state index contributed by atoms with van der Waals surface area (Å²) in [5.74, 6) is -3.79. The van der Waals surface area contributed by atoms with Gasteiger partial charge in [-0.15, -0.1) is 0 Å². The molecule has 1 aliphatic carbocycles. The third-order valence-electron chi connectivity index (χ3n) is 7.15. The summed E-state index contributed by atoms with van der Waals surface area (Å²) in [6.07, 6.45) is 5.24. The van der Waals surface area contributed by atoms with Gasteiger partial charge in [-0.25, -0.2) is 0 Å². The summed E-state index contributed by atoms with van der Waals surface area (Å²) >= 11 is 26.5. The first-order valence-corrected chi connectivity index (χ1v) is 14.5. The highest BCUT2D eigenvalue weighted by Crippen LogP contribution is 2.47. The number of amides is 1. The Kier molecular flexibility index (Phi) is 9.67. The van der Waals surface area contributed by atoms with Gasteiger partial charge in [0, 0.05) is 33.0 Å². The summed E-state index contributed by atoms with van der Waals surface area (Å²) in [5.41, 5.74) is 0.585. The number of nitrogens with zero attached hydrogens (tertiary/aromatic N) is 1. The number of para-hydroxylation sites is 2. The van der Waals surface area contributed by atoms with E-state index in [0.717, 1.165) is 0 Å². The normalized spacial score (nSPS) is 25.4. The largest absolute Gasteiger partial charge is 0.379 e. The van der Waals surface area contributed by atoms with Crippen LogP contribution in [-0.2, 0) is 33.2 Å². The van der Waals surface area contributed by atoms with Crippen molar-refractivity contribution in [3.8, 4) is 0 Å². The summed E-state index contributed by atoms with van der Waals surface area (Å²) < 4.78 is 36.2. The Morgan fingerprint density at radius 2 is 1.27 bits per heavy atom. The van der Waals surface area contributed by atoms with E-state index in [-0.39, 0.29) is 49.2 Å². The van der Waals surface area contributed by atoms with Crippen LogP contribution in [0.1, 0.15) is 12.8 Å². The topological polar surface area (TPSA) is 75.7 Å². The molecule has 2 unspecified atom stereocenters. The van der Waals surface area contributed by atoms with E-state index in [1.165, 1.54) is 19.1 Å². The molecule has 220 valence electrons. The van der Waals surface area contributed by atoms with Gasteiger partial charge in [0.15, 0.2) is 0 Å². The van der Waals surface area contributed by atoms with Gasteiger partial charge in [-0.1, -0.05) is 58.5 Å². The lowest BCUT2D eigenvalue weighted by molar-refractivity contribution is -0.378. The van der Waals surface area contributed by atoms with Crippen molar-refractivity contribution in [2.24, 2.45) is 0 Å². The van der Waals surface area contributed by atoms with E-state index in [2.05, 4.69) is 0 Å². The van der Waals surface area contributed by atoms with Gasteiger partial charge in [0.2, 0.25) is 11.6 Å². The van der Waals surface area contributed by atoms with Crippen molar-refractivity contribution in [3.63, 3.8) is 0 Å². The van der Waals surface area contributed by atoms with Gasteiger partial charge in [0.25, 0.3) is 5.91 Å². The molecule has 0 aromatic heterocycles. The molecular weight excluding hydrogens is 616 g/mol. The summed E-state index contributed by atoms with van der Waals surface area (Å²) in [7, 11) is 2.96. The number of hydrogen-bond acceptors (Lipinski definition) is 7. The van der Waals surface area contributed by atoms with Gasteiger partial charge in [-0.3, -0.25) is 9.69 Å². The Labute approximate surface area is 258 Å². The molecule has 3 aliphatic rings. The standard InChI is InChI=1S/C29H29Cl4NO7/c1-36-28(37-2)12-9-18(15-29(28,40-19-10-13-38-16-19)41-20-11-14-39-17-20)27(35)34(25-21(30)5-3-6-22(25)31)26-23(32)7-4-8-24(26)33/h3-9,12,15,19-20H,10-11,13-14,16-17H2,1-2H3. The van der Waals surface area contributed by atoms with Crippen LogP contribution < -0.4 is 4.90 Å². The molecule has 0 saturated carbocycles. The van der Waals surface area contributed by atoms with Gasteiger partial charge in [-0.2, -0.15) is 0 Å². The van der Waals surface area contributed by atoms with Crippen molar-refractivity contribution in [3.05, 3.63) is 80.3 Å². The van der Waals surface area contributed by atoms with Gasteiger partial charge < -0.3 is 28.4 Å². The summed E-state index contributed by atoms with van der Waals surface area (Å²) in [5, 5.41) is 0.872. The number of hydrogen-bond donors (Lipinski definition) is 0. The molecule has 1 amide bonds. The van der Waals surface area contributed by atoms with Crippen LogP contribution in [-0.4, -0.2) is 70.3 Å². The van der Waals surface area contributed by atoms with Crippen molar-refractivity contribution < 1.29 is 33.2 Å². The molecule has 2 atom stereocenters. The molecule has 2 saturated heterocycles. The minimum atomic E-state index is -1.70. The van der Waals surface area contributed by atoms with Crippen molar-refractivity contribution >= 4 is 63.7 Å². The summed E-state index contributed by atoms with van der Waals surface area (Å²) in [6.45, 7) is 1.73. The molecule has 0 bridgehead atoms. The number of anilines is 2. The molecule has 2 aromatic rings. The minimum Gasteiger partial charge on any atom is -0.379 e. The lowest BCUT2D eigenvalue weighted by atomic mass is 9.93. The van der Waals surface area contributed by atoms with Gasteiger partial charge in [-0.05, 0) is 55.3 Å². The van der Waals surface area contributed by atoms with Crippen molar-refractivity contribution in [2.75, 3.05) is 45.5 Å². The molecule has 0 spiro atoms. The Morgan fingerprint density at radius 1 is 0.805 bits per heavy atom. The summed E-state index contributed by atoms with van der Waals surface area (Å²) in [6, 6.07) is 9.84. The van der Waals surface area contributed by atoms with Crippen LogP contribution in [0.5, 0.6) is 0 Å². The molecule has 8 nitrogen and oxygen atoms in total. The number of methoxy groups -OCH3 is 2. The van der Waals surface area contributed by atoms with Crippen LogP contribution >= 0.6 is 46.4 Å². The number of carbonyl (C=O) groups excluding carboxylic acids is 1. The SMILES string of the molecule is COC1(OC)C=CC(C(=O)N(c2c(Cl)cccc2Cl)c2c(Cl)cccc2Cl)=CC1(OC1CCOC1)OC1CCOC1. The van der Waals surface area contributed by atoms with E-state index in [0.29, 0.717) is 39.3 Å². The van der Waals surface area contributed by atoms with E-state index in [4.69, 9.17) is 74.8 Å². The Bertz CT molecular complexity index is 1220. The Morgan fingerprint density at radius 3 is 1.66 bits per heavy atom. The first kappa shape index (κ1) is 30.8. The second-order valence-corrected chi connectivity index (χ2v) is 11.3. The molecule has 5 rings (SSSR count). The molecule has 2 heterocycles. The van der Waals surface area contributed by atoms with Crippen LogP contribution in [0.15, 0.2) is 60.2 Å². The van der Waals surface area contributed by atoms with Crippen LogP contribution in [0.3, 0.4) is 0 Å². The lowest BCUT2D eigenvalue weighted by Gasteiger charge is -2.47. The third kappa shape index (κ3) is 5.93. The van der Waals surface area contributed by atoms with Crippen LogP contribution in [0.4, 0.5) is 11.4 Å². The molecule has 2 aliphatic heterocycles. The highest BCUT2D eigenvalue weighted by Gasteiger charge is 2.58.